The highest BCUT2D eigenvalue weighted by Gasteiger charge is 2.43. The lowest BCUT2D eigenvalue weighted by Gasteiger charge is -2.24. The fourth-order valence-corrected chi connectivity index (χ4v) is 2.10. The van der Waals surface area contributed by atoms with E-state index in [1.165, 1.54) is 0 Å². The number of aliphatic hydroxyl groups excluding tert-OH is 1. The molecule has 0 amide bonds. The summed E-state index contributed by atoms with van der Waals surface area (Å²) in [5, 5.41) is 9.91. The zero-order chi connectivity index (χ0) is 11.7. The number of alkyl halides is 2. The van der Waals surface area contributed by atoms with Gasteiger partial charge in [0.25, 0.3) is 0 Å². The summed E-state index contributed by atoms with van der Waals surface area (Å²) in [6.45, 7) is 0. The van der Waals surface area contributed by atoms with Gasteiger partial charge in [-0.15, -0.1) is 0 Å². The molecule has 1 rings (SSSR count). The summed E-state index contributed by atoms with van der Waals surface area (Å²) in [5.41, 5.74) is 0.525. The van der Waals surface area contributed by atoms with Crippen LogP contribution < -0.4 is 0 Å². The maximum atomic E-state index is 11.4. The zero-order valence-electron chi connectivity index (χ0n) is 7.89. The van der Waals surface area contributed by atoms with Gasteiger partial charge in [0.05, 0.1) is 0 Å². The van der Waals surface area contributed by atoms with E-state index in [1.807, 2.05) is 0 Å². The smallest absolute Gasteiger partial charge is 0.210 e. The molecule has 1 atom stereocenters. The molecule has 0 aliphatic rings. The summed E-state index contributed by atoms with van der Waals surface area (Å²) < 4.78 is 21.3. The molecule has 0 fully saturated rings. The van der Waals surface area contributed by atoms with Crippen molar-refractivity contribution in [1.82, 2.24) is 0 Å². The Balaban J connectivity index is 3.11. The van der Waals surface area contributed by atoms with Crippen LogP contribution in [0.4, 0.5) is 0 Å². The van der Waals surface area contributed by atoms with Crippen LogP contribution in [0.5, 0.6) is 0 Å². The molecule has 0 unspecified atom stereocenters. The molecule has 0 aromatic heterocycles. The number of halogens is 2. The fourth-order valence-electron chi connectivity index (χ4n) is 1.03. The maximum Gasteiger partial charge on any atom is 0.210 e. The largest absolute Gasteiger partial charge is 0.385 e. The van der Waals surface area contributed by atoms with Gasteiger partial charge in [0.15, 0.2) is 9.84 Å². The number of rotatable bonds is 3. The molecular formula is C9H10Br2O3S. The zero-order valence-corrected chi connectivity index (χ0v) is 11.9. The average molecular weight is 358 g/mol. The van der Waals surface area contributed by atoms with Crippen molar-refractivity contribution < 1.29 is 13.5 Å². The molecule has 0 bridgehead atoms. The first-order chi connectivity index (χ1) is 6.77. The van der Waals surface area contributed by atoms with Gasteiger partial charge in [-0.05, 0) is 5.56 Å². The van der Waals surface area contributed by atoms with Crippen LogP contribution in [0.15, 0.2) is 30.3 Å². The lowest BCUT2D eigenvalue weighted by atomic mass is 10.1. The first-order valence-corrected chi connectivity index (χ1v) is 7.55. The molecule has 0 aliphatic carbocycles. The monoisotopic (exact) mass is 356 g/mol. The molecule has 3 nitrogen and oxygen atoms in total. The number of hydrogen-bond donors (Lipinski definition) is 1. The van der Waals surface area contributed by atoms with E-state index in [0.717, 1.165) is 6.26 Å². The van der Waals surface area contributed by atoms with Gasteiger partial charge in [-0.2, -0.15) is 0 Å². The highest BCUT2D eigenvalue weighted by atomic mass is 79.9. The van der Waals surface area contributed by atoms with Crippen molar-refractivity contribution in [1.29, 1.82) is 0 Å². The Bertz CT molecular complexity index is 428. The van der Waals surface area contributed by atoms with Crippen molar-refractivity contribution in [3.8, 4) is 0 Å². The van der Waals surface area contributed by atoms with Gasteiger partial charge in [-0.3, -0.25) is 0 Å². The normalized spacial score (nSPS) is 14.9. The third kappa shape index (κ3) is 2.81. The van der Waals surface area contributed by atoms with Crippen LogP contribution in [0.3, 0.4) is 0 Å². The standard InChI is InChI=1S/C9H10Br2O3S/c1-15(13,14)9(10,11)8(12)7-5-3-2-4-6-7/h2-6,8,12H,1H3/t8-/m0/s1. The van der Waals surface area contributed by atoms with Crippen molar-refractivity contribution in [3.63, 3.8) is 0 Å². The lowest BCUT2D eigenvalue weighted by Crippen LogP contribution is -2.31. The molecule has 1 aromatic rings. The van der Waals surface area contributed by atoms with Gasteiger partial charge in [0, 0.05) is 6.26 Å². The molecule has 0 saturated carbocycles. The second-order valence-corrected chi connectivity index (χ2v) is 9.95. The molecule has 6 heteroatoms. The van der Waals surface area contributed by atoms with E-state index in [9.17, 15) is 13.5 Å². The summed E-state index contributed by atoms with van der Waals surface area (Å²) in [6, 6.07) is 8.58. The summed E-state index contributed by atoms with van der Waals surface area (Å²) in [5.74, 6) is 0. The van der Waals surface area contributed by atoms with Crippen LogP contribution in [0, 0.1) is 0 Å². The minimum absolute atomic E-state index is 0.525. The Hall–Kier alpha value is 0.0900. The number of hydrogen-bond acceptors (Lipinski definition) is 3. The fraction of sp³-hybridized carbons (Fsp3) is 0.333. The number of sulfone groups is 1. The highest BCUT2D eigenvalue weighted by Crippen LogP contribution is 2.43. The molecule has 1 aromatic carbocycles. The van der Waals surface area contributed by atoms with Crippen LogP contribution in [0.1, 0.15) is 11.7 Å². The molecule has 84 valence electrons. The van der Waals surface area contributed by atoms with Crippen molar-refractivity contribution >= 4 is 41.7 Å². The Morgan fingerprint density at radius 2 is 1.73 bits per heavy atom. The van der Waals surface area contributed by atoms with E-state index >= 15 is 0 Å². The van der Waals surface area contributed by atoms with E-state index < -0.39 is 18.5 Å². The van der Waals surface area contributed by atoms with Crippen molar-refractivity contribution in [2.45, 2.75) is 8.67 Å². The number of benzene rings is 1. The molecule has 0 radical (unpaired) electrons. The van der Waals surface area contributed by atoms with Crippen molar-refractivity contribution in [2.24, 2.45) is 0 Å². The molecule has 0 spiro atoms. The van der Waals surface area contributed by atoms with Crippen molar-refractivity contribution in [3.05, 3.63) is 35.9 Å². The summed E-state index contributed by atoms with van der Waals surface area (Å²) in [7, 11) is -3.47. The van der Waals surface area contributed by atoms with E-state index in [0.29, 0.717) is 5.56 Å². The second-order valence-electron chi connectivity index (χ2n) is 3.15. The van der Waals surface area contributed by atoms with Crippen LogP contribution in [-0.2, 0) is 9.84 Å². The molecule has 1 N–H and O–H groups in total. The first-order valence-electron chi connectivity index (χ1n) is 4.07. The summed E-state index contributed by atoms with van der Waals surface area (Å²) in [4.78, 5) is 0. The highest BCUT2D eigenvalue weighted by molar-refractivity contribution is 9.27. The first kappa shape index (κ1) is 13.2. The van der Waals surface area contributed by atoms with Crippen LogP contribution in [0.2, 0.25) is 0 Å². The topological polar surface area (TPSA) is 54.4 Å². The summed E-state index contributed by atoms with van der Waals surface area (Å²) >= 11 is 5.97. The molecule has 15 heavy (non-hydrogen) atoms. The average Bonchev–Trinajstić information content (AvgIpc) is 2.16. The second kappa shape index (κ2) is 4.53. The Morgan fingerprint density at radius 1 is 1.27 bits per heavy atom. The Labute approximate surface area is 106 Å². The van der Waals surface area contributed by atoms with Gasteiger partial charge < -0.3 is 5.11 Å². The van der Waals surface area contributed by atoms with Gasteiger partial charge in [0.2, 0.25) is 2.57 Å². The Kier molecular flexibility index (Phi) is 3.97. The molecule has 0 heterocycles. The van der Waals surface area contributed by atoms with Gasteiger partial charge in [0.1, 0.15) is 6.10 Å². The molecule has 0 aliphatic heterocycles. The SMILES string of the molecule is CS(=O)(=O)C(Br)(Br)[C@@H](O)c1ccccc1. The van der Waals surface area contributed by atoms with E-state index in [-0.39, 0.29) is 0 Å². The van der Waals surface area contributed by atoms with Gasteiger partial charge >= 0.3 is 0 Å². The van der Waals surface area contributed by atoms with Crippen LogP contribution >= 0.6 is 31.9 Å². The third-order valence-corrected chi connectivity index (χ3v) is 7.54. The quantitative estimate of drug-likeness (QED) is 0.844. The van der Waals surface area contributed by atoms with Crippen molar-refractivity contribution in [2.75, 3.05) is 6.26 Å². The van der Waals surface area contributed by atoms with E-state index in [1.54, 1.807) is 30.3 Å². The van der Waals surface area contributed by atoms with Gasteiger partial charge in [-0.25, -0.2) is 8.42 Å². The lowest BCUT2D eigenvalue weighted by molar-refractivity contribution is 0.189. The minimum atomic E-state index is -3.47. The van der Waals surface area contributed by atoms with Crippen LogP contribution in [-0.4, -0.2) is 22.3 Å². The van der Waals surface area contributed by atoms with Crippen LogP contribution in [0.25, 0.3) is 0 Å². The predicted molar refractivity (Wildman–Crippen MR) is 66.8 cm³/mol. The third-order valence-electron chi connectivity index (χ3n) is 1.93. The Morgan fingerprint density at radius 3 is 2.13 bits per heavy atom. The molecular weight excluding hydrogens is 348 g/mol. The van der Waals surface area contributed by atoms with E-state index in [4.69, 9.17) is 0 Å². The van der Waals surface area contributed by atoms with Gasteiger partial charge in [-0.1, -0.05) is 62.2 Å². The minimum Gasteiger partial charge on any atom is -0.385 e. The summed E-state index contributed by atoms with van der Waals surface area (Å²) in [6.07, 6.45) is -0.128. The molecule has 0 saturated heterocycles. The number of aliphatic hydroxyl groups is 1. The maximum absolute atomic E-state index is 11.4. The van der Waals surface area contributed by atoms with E-state index in [2.05, 4.69) is 31.9 Å². The predicted octanol–water partition coefficient (Wildman–Crippen LogP) is 2.21.